The minimum Gasteiger partial charge on any atom is -0.477 e. The van der Waals surface area contributed by atoms with E-state index < -0.39 is 23.8 Å². The van der Waals surface area contributed by atoms with Crippen LogP contribution in [0.1, 0.15) is 34.0 Å². The van der Waals surface area contributed by atoms with Crippen LogP contribution < -0.4 is 5.32 Å². The predicted octanol–water partition coefficient (Wildman–Crippen LogP) is 4.15. The van der Waals surface area contributed by atoms with Crippen LogP contribution in [0.2, 0.25) is 0 Å². The number of carbonyl (C=O) groups excluding carboxylic acids is 1. The number of nitrogens with zero attached hydrogens (tertiary/aromatic N) is 3. The molecule has 1 unspecified atom stereocenters. The summed E-state index contributed by atoms with van der Waals surface area (Å²) >= 11 is 4.73. The van der Waals surface area contributed by atoms with Crippen LogP contribution in [-0.4, -0.2) is 39.0 Å². The van der Waals surface area contributed by atoms with Gasteiger partial charge in [-0.1, -0.05) is 22.0 Å². The van der Waals surface area contributed by atoms with Crippen molar-refractivity contribution in [2.45, 2.75) is 19.5 Å². The quantitative estimate of drug-likeness (QED) is 0.442. The average Bonchev–Trinajstić information content (AvgIpc) is 3.46. The highest BCUT2D eigenvalue weighted by molar-refractivity contribution is 9.10. The van der Waals surface area contributed by atoms with Crippen LogP contribution >= 0.6 is 27.3 Å². The Morgan fingerprint density at radius 1 is 1.36 bits per heavy atom. The molecular formula is C22H18BrFN4O4S. The van der Waals surface area contributed by atoms with Gasteiger partial charge in [0.2, 0.25) is 0 Å². The molecule has 0 aliphatic carbocycles. The largest absolute Gasteiger partial charge is 0.477 e. The molecule has 0 radical (unpaired) electrons. The number of allylic oxidation sites excluding steroid dienone is 1. The summed E-state index contributed by atoms with van der Waals surface area (Å²) < 4.78 is 21.0. The molecule has 0 spiro atoms. The molecule has 0 fully saturated rings. The zero-order valence-electron chi connectivity index (χ0n) is 17.3. The molecule has 4 rings (SSSR count). The first-order chi connectivity index (χ1) is 15.9. The van der Waals surface area contributed by atoms with E-state index in [0.29, 0.717) is 26.6 Å². The summed E-state index contributed by atoms with van der Waals surface area (Å²) in [5, 5.41) is 15.0. The Balaban J connectivity index is 1.89. The topological polar surface area (TPSA) is 106 Å². The highest BCUT2D eigenvalue weighted by Crippen LogP contribution is 2.37. The lowest BCUT2D eigenvalue weighted by atomic mass is 9.95. The second-order valence-electron chi connectivity index (χ2n) is 6.95. The molecule has 0 amide bonds. The molecule has 33 heavy (non-hydrogen) atoms. The first kappa shape index (κ1) is 22.9. The fourth-order valence-corrected chi connectivity index (χ4v) is 4.64. The zero-order valence-corrected chi connectivity index (χ0v) is 19.7. The van der Waals surface area contributed by atoms with E-state index in [1.165, 1.54) is 34.1 Å². The summed E-state index contributed by atoms with van der Waals surface area (Å²) in [5.41, 5.74) is 1.23. The maximum absolute atomic E-state index is 13.8. The summed E-state index contributed by atoms with van der Waals surface area (Å²) in [5.74, 6) is -1.73. The molecule has 2 N–H and O–H groups in total. The van der Waals surface area contributed by atoms with Gasteiger partial charge in [-0.2, -0.15) is 0 Å². The minimum absolute atomic E-state index is 0.0441. The lowest BCUT2D eigenvalue weighted by Crippen LogP contribution is -2.36. The number of aromatic nitrogens is 2. The molecule has 0 saturated carbocycles. The van der Waals surface area contributed by atoms with E-state index >= 15 is 0 Å². The standard InChI is InChI=1S/C22H18BrFN4O4S/c1-2-32-22(31)17-15(11-28-8-3-4-16(28)21(29)30)26-19(20-25-7-9-33-20)27-18(17)13-6-5-12(24)10-14(13)23/h3-10,18H,2,11H2,1H3,(H,26,27)(H,29,30). The summed E-state index contributed by atoms with van der Waals surface area (Å²) in [6, 6.07) is 6.39. The van der Waals surface area contributed by atoms with Gasteiger partial charge < -0.3 is 19.7 Å². The second-order valence-corrected chi connectivity index (χ2v) is 8.70. The SMILES string of the molecule is CCOC(=O)C1=C(Cn2cccc2C(=O)O)NC(c2nccs2)=NC1c1ccc(F)cc1Br. The lowest BCUT2D eigenvalue weighted by Gasteiger charge is -2.28. The number of carboxylic acid groups (broad SMARTS) is 1. The summed E-state index contributed by atoms with van der Waals surface area (Å²) in [6.45, 7) is 1.87. The van der Waals surface area contributed by atoms with E-state index in [9.17, 15) is 19.1 Å². The molecule has 1 aliphatic rings. The number of thiazole rings is 1. The fraction of sp³-hybridized carbons (Fsp3) is 0.182. The van der Waals surface area contributed by atoms with Gasteiger partial charge in [-0.3, -0.25) is 4.99 Å². The van der Waals surface area contributed by atoms with Gasteiger partial charge in [-0.05, 0) is 36.8 Å². The molecule has 3 aromatic rings. The Morgan fingerprint density at radius 2 is 2.18 bits per heavy atom. The van der Waals surface area contributed by atoms with Gasteiger partial charge in [0.15, 0.2) is 10.8 Å². The van der Waals surface area contributed by atoms with Gasteiger partial charge in [0.05, 0.1) is 18.7 Å². The molecular weight excluding hydrogens is 515 g/mol. The van der Waals surface area contributed by atoms with Crippen LogP contribution in [0, 0.1) is 5.82 Å². The van der Waals surface area contributed by atoms with Gasteiger partial charge in [0.25, 0.3) is 0 Å². The maximum Gasteiger partial charge on any atom is 0.352 e. The highest BCUT2D eigenvalue weighted by atomic mass is 79.9. The number of aromatic carboxylic acids is 1. The zero-order chi connectivity index (χ0) is 23.5. The third kappa shape index (κ3) is 4.74. The number of rotatable bonds is 7. The third-order valence-electron chi connectivity index (χ3n) is 4.89. The number of benzene rings is 1. The van der Waals surface area contributed by atoms with Gasteiger partial charge in [0, 0.05) is 27.9 Å². The van der Waals surface area contributed by atoms with Crippen molar-refractivity contribution >= 4 is 45.0 Å². The van der Waals surface area contributed by atoms with Crippen molar-refractivity contribution in [3.05, 3.63) is 85.9 Å². The van der Waals surface area contributed by atoms with E-state index in [1.807, 2.05) is 0 Å². The first-order valence-corrected chi connectivity index (χ1v) is 11.5. The average molecular weight is 533 g/mol. The molecule has 3 heterocycles. The van der Waals surface area contributed by atoms with Crippen molar-refractivity contribution in [1.29, 1.82) is 0 Å². The molecule has 170 valence electrons. The van der Waals surface area contributed by atoms with E-state index in [0.717, 1.165) is 0 Å². The van der Waals surface area contributed by atoms with E-state index in [-0.39, 0.29) is 24.4 Å². The second kappa shape index (κ2) is 9.67. The molecule has 2 aromatic heterocycles. The van der Waals surface area contributed by atoms with Crippen molar-refractivity contribution in [2.75, 3.05) is 6.61 Å². The van der Waals surface area contributed by atoms with Crippen LogP contribution in [0.3, 0.4) is 0 Å². The van der Waals surface area contributed by atoms with Gasteiger partial charge >= 0.3 is 11.9 Å². The van der Waals surface area contributed by atoms with E-state index in [2.05, 4.69) is 26.2 Å². The van der Waals surface area contributed by atoms with E-state index in [1.54, 1.807) is 36.8 Å². The minimum atomic E-state index is -1.10. The van der Waals surface area contributed by atoms with Crippen molar-refractivity contribution in [3.63, 3.8) is 0 Å². The normalized spacial score (nSPS) is 15.7. The van der Waals surface area contributed by atoms with Crippen LogP contribution in [-0.2, 0) is 16.1 Å². The van der Waals surface area contributed by atoms with Gasteiger partial charge in [-0.25, -0.2) is 19.0 Å². The Labute approximate surface area is 200 Å². The fourth-order valence-electron chi connectivity index (χ4n) is 3.48. The number of aliphatic imine (C=N–C) groups is 1. The van der Waals surface area contributed by atoms with Crippen molar-refractivity contribution < 1.29 is 23.8 Å². The van der Waals surface area contributed by atoms with Crippen molar-refractivity contribution in [1.82, 2.24) is 14.9 Å². The van der Waals surface area contributed by atoms with Crippen molar-refractivity contribution in [2.24, 2.45) is 4.99 Å². The third-order valence-corrected chi connectivity index (χ3v) is 6.36. The Hall–Kier alpha value is -3.31. The Morgan fingerprint density at radius 3 is 2.85 bits per heavy atom. The number of halogens is 2. The Bertz CT molecular complexity index is 1270. The lowest BCUT2D eigenvalue weighted by molar-refractivity contribution is -0.139. The van der Waals surface area contributed by atoms with Crippen LogP contribution in [0.4, 0.5) is 4.39 Å². The van der Waals surface area contributed by atoms with Crippen LogP contribution in [0.25, 0.3) is 0 Å². The smallest absolute Gasteiger partial charge is 0.352 e. The molecule has 1 atom stereocenters. The highest BCUT2D eigenvalue weighted by Gasteiger charge is 2.34. The molecule has 1 aromatic carbocycles. The first-order valence-electron chi connectivity index (χ1n) is 9.87. The number of nitrogens with one attached hydrogen (secondary N) is 1. The van der Waals surface area contributed by atoms with Crippen LogP contribution in [0.5, 0.6) is 0 Å². The molecule has 0 bridgehead atoms. The van der Waals surface area contributed by atoms with Gasteiger partial charge in [0.1, 0.15) is 17.6 Å². The number of amidine groups is 1. The van der Waals surface area contributed by atoms with Crippen LogP contribution in [0.15, 0.2) is 68.8 Å². The monoisotopic (exact) mass is 532 g/mol. The predicted molar refractivity (Wildman–Crippen MR) is 124 cm³/mol. The number of ether oxygens (including phenoxy) is 1. The number of hydrogen-bond acceptors (Lipinski definition) is 7. The summed E-state index contributed by atoms with van der Waals surface area (Å²) in [6.07, 6.45) is 3.24. The Kier molecular flexibility index (Phi) is 6.70. The molecule has 8 nitrogen and oxygen atoms in total. The molecule has 1 aliphatic heterocycles. The number of hydrogen-bond donors (Lipinski definition) is 2. The maximum atomic E-state index is 13.8. The number of esters is 1. The van der Waals surface area contributed by atoms with Crippen molar-refractivity contribution in [3.8, 4) is 0 Å². The summed E-state index contributed by atoms with van der Waals surface area (Å²) in [4.78, 5) is 33.8. The summed E-state index contributed by atoms with van der Waals surface area (Å²) in [7, 11) is 0. The number of carbonyl (C=O) groups is 2. The van der Waals surface area contributed by atoms with E-state index in [4.69, 9.17) is 9.73 Å². The van der Waals surface area contributed by atoms with Gasteiger partial charge in [-0.15, -0.1) is 11.3 Å². The molecule has 0 saturated heterocycles. The number of carboxylic acids is 1. The molecule has 11 heteroatoms.